The van der Waals surface area contributed by atoms with E-state index in [1.807, 2.05) is 31.2 Å². The van der Waals surface area contributed by atoms with Crippen LogP contribution in [0.25, 0.3) is 10.9 Å². The number of hydrogen-bond donors (Lipinski definition) is 0. The molecule has 0 spiro atoms. The first kappa shape index (κ1) is 11.7. The van der Waals surface area contributed by atoms with Crippen molar-refractivity contribution >= 4 is 27.2 Å². The van der Waals surface area contributed by atoms with Crippen molar-refractivity contribution in [2.45, 2.75) is 13.0 Å². The minimum Gasteiger partial charge on any atom is -0.486 e. The summed E-state index contributed by atoms with van der Waals surface area (Å²) in [6.45, 7) is 2.90. The van der Waals surface area contributed by atoms with Crippen molar-refractivity contribution < 1.29 is 13.3 Å². The van der Waals surface area contributed by atoms with Crippen LogP contribution in [0.1, 0.15) is 5.69 Å². The van der Waals surface area contributed by atoms with E-state index in [1.54, 1.807) is 0 Å². The maximum atomic E-state index is 5.91. The summed E-state index contributed by atoms with van der Waals surface area (Å²) >= 11 is 2.94. The van der Waals surface area contributed by atoms with Crippen molar-refractivity contribution in [1.29, 1.82) is 0 Å². The van der Waals surface area contributed by atoms with Gasteiger partial charge in [-0.25, -0.2) is 0 Å². The van der Waals surface area contributed by atoms with Crippen LogP contribution in [0.3, 0.4) is 0 Å². The smallest absolute Gasteiger partial charge is 0.171 e. The highest BCUT2D eigenvalue weighted by molar-refractivity contribution is 9.06. The third kappa shape index (κ3) is 2.04. The second kappa shape index (κ2) is 4.74. The maximum Gasteiger partial charge on any atom is 0.171 e. The molecule has 1 atom stereocenters. The highest BCUT2D eigenvalue weighted by atomic mass is 79.9. The number of nitrogens with zero attached hydrogens (tertiary/aromatic N) is 1. The van der Waals surface area contributed by atoms with Gasteiger partial charge in [0.1, 0.15) is 13.2 Å². The minimum atomic E-state index is -0.108. The summed E-state index contributed by atoms with van der Waals surface area (Å²) in [4.78, 5) is 4.48. The van der Waals surface area contributed by atoms with Gasteiger partial charge in [-0.05, 0) is 31.2 Å². The molecule has 0 radical (unpaired) electrons. The Morgan fingerprint density at radius 1 is 1.39 bits per heavy atom. The Kier molecular flexibility index (Phi) is 3.09. The Bertz CT molecular complexity index is 588. The van der Waals surface area contributed by atoms with Gasteiger partial charge in [0.15, 0.2) is 17.6 Å². The predicted octanol–water partition coefficient (Wildman–Crippen LogP) is 3.01. The first-order valence-corrected chi connectivity index (χ1v) is 6.36. The summed E-state index contributed by atoms with van der Waals surface area (Å²) in [5, 5.41) is 0.970. The van der Waals surface area contributed by atoms with Crippen molar-refractivity contribution in [2.24, 2.45) is 0 Å². The molecule has 5 heteroatoms. The molecule has 0 unspecified atom stereocenters. The molecule has 0 fully saturated rings. The molecule has 0 saturated carbocycles. The van der Waals surface area contributed by atoms with Crippen LogP contribution in [0.5, 0.6) is 11.5 Å². The topological polar surface area (TPSA) is 40.6 Å². The van der Waals surface area contributed by atoms with E-state index in [9.17, 15) is 0 Å². The van der Waals surface area contributed by atoms with Crippen LogP contribution in [0.4, 0.5) is 0 Å². The molecule has 3 rings (SSSR count). The fourth-order valence-electron chi connectivity index (χ4n) is 2.03. The fourth-order valence-corrected chi connectivity index (χ4v) is 2.32. The van der Waals surface area contributed by atoms with Crippen LogP contribution in [0.2, 0.25) is 0 Å². The zero-order chi connectivity index (χ0) is 12.5. The highest BCUT2D eigenvalue weighted by Crippen LogP contribution is 2.38. The lowest BCUT2D eigenvalue weighted by molar-refractivity contribution is 0.0640. The highest BCUT2D eigenvalue weighted by Gasteiger charge is 2.23. The van der Waals surface area contributed by atoms with Crippen molar-refractivity contribution in [3.05, 3.63) is 30.0 Å². The Morgan fingerprint density at radius 3 is 3.11 bits per heavy atom. The van der Waals surface area contributed by atoms with Crippen molar-refractivity contribution in [3.8, 4) is 11.5 Å². The fraction of sp³-hybridized carbons (Fsp3) is 0.308. The van der Waals surface area contributed by atoms with E-state index in [0.29, 0.717) is 13.2 Å². The minimum absolute atomic E-state index is 0.108. The van der Waals surface area contributed by atoms with E-state index in [-0.39, 0.29) is 6.10 Å². The molecular weight excluding hydrogens is 298 g/mol. The Hall–Kier alpha value is -1.33. The number of hydrogen-bond acceptors (Lipinski definition) is 4. The summed E-state index contributed by atoms with van der Waals surface area (Å²) in [5.74, 6) is 1.51. The number of aryl methyl sites for hydroxylation is 1. The number of ether oxygens (including phenoxy) is 2. The van der Waals surface area contributed by atoms with Crippen LogP contribution >= 0.6 is 16.3 Å². The van der Waals surface area contributed by atoms with Crippen LogP contribution in [0, 0.1) is 6.92 Å². The molecule has 0 aliphatic carbocycles. The second-order valence-corrected chi connectivity index (χ2v) is 4.70. The lowest BCUT2D eigenvalue weighted by atomic mass is 10.1. The summed E-state index contributed by atoms with van der Waals surface area (Å²) in [6, 6.07) is 7.83. The van der Waals surface area contributed by atoms with Crippen molar-refractivity contribution in [3.63, 3.8) is 0 Å². The molecule has 0 N–H and O–H groups in total. The predicted molar refractivity (Wildman–Crippen MR) is 71.3 cm³/mol. The quantitative estimate of drug-likeness (QED) is 0.855. The van der Waals surface area contributed by atoms with Gasteiger partial charge in [0.2, 0.25) is 0 Å². The third-order valence-electron chi connectivity index (χ3n) is 2.88. The van der Waals surface area contributed by atoms with Gasteiger partial charge in [0, 0.05) is 11.1 Å². The molecule has 4 nitrogen and oxygen atoms in total. The van der Waals surface area contributed by atoms with Gasteiger partial charge >= 0.3 is 0 Å². The number of pyridine rings is 1. The van der Waals surface area contributed by atoms with Gasteiger partial charge in [0.05, 0.1) is 21.8 Å². The number of rotatable bonds is 2. The Labute approximate surface area is 113 Å². The van der Waals surface area contributed by atoms with E-state index in [4.69, 9.17) is 13.3 Å². The maximum absolute atomic E-state index is 5.91. The third-order valence-corrected chi connectivity index (χ3v) is 3.15. The number of aromatic nitrogens is 1. The molecule has 0 amide bonds. The largest absolute Gasteiger partial charge is 0.486 e. The summed E-state index contributed by atoms with van der Waals surface area (Å²) in [5.41, 5.74) is 1.90. The standard InChI is InChI=1S/C13H12BrNO3/c1-8-2-3-10-11(15-8)4-5-12-13(10)18-9(6-16-12)7-17-14/h2-5,9H,6-7H2,1H3/t9-/m1/s1. The summed E-state index contributed by atoms with van der Waals surface area (Å²) < 4.78 is 16.5. The van der Waals surface area contributed by atoms with Crippen LogP contribution in [0.15, 0.2) is 24.3 Å². The number of halogens is 1. The van der Waals surface area contributed by atoms with E-state index in [1.165, 1.54) is 0 Å². The molecule has 1 aliphatic heterocycles. The van der Waals surface area contributed by atoms with Gasteiger partial charge in [-0.3, -0.25) is 4.98 Å². The number of benzene rings is 1. The van der Waals surface area contributed by atoms with Gasteiger partial charge < -0.3 is 13.3 Å². The van der Waals surface area contributed by atoms with Gasteiger partial charge in [-0.1, -0.05) is 0 Å². The molecule has 1 aliphatic rings. The molecule has 0 bridgehead atoms. The Balaban J connectivity index is 2.07. The molecule has 94 valence electrons. The first-order valence-electron chi connectivity index (χ1n) is 5.71. The van der Waals surface area contributed by atoms with Crippen LogP contribution in [-0.2, 0) is 3.83 Å². The molecule has 1 aromatic heterocycles. The van der Waals surface area contributed by atoms with Crippen molar-refractivity contribution in [1.82, 2.24) is 4.98 Å². The van der Waals surface area contributed by atoms with E-state index < -0.39 is 0 Å². The second-order valence-electron chi connectivity index (χ2n) is 4.24. The van der Waals surface area contributed by atoms with Gasteiger partial charge in [-0.15, -0.1) is 0 Å². The Morgan fingerprint density at radius 2 is 2.28 bits per heavy atom. The van der Waals surface area contributed by atoms with E-state index >= 15 is 0 Å². The van der Waals surface area contributed by atoms with Gasteiger partial charge in [0.25, 0.3) is 0 Å². The summed E-state index contributed by atoms with van der Waals surface area (Å²) in [7, 11) is 0. The van der Waals surface area contributed by atoms with Crippen molar-refractivity contribution in [2.75, 3.05) is 13.2 Å². The van der Waals surface area contributed by atoms with E-state index in [0.717, 1.165) is 28.1 Å². The molecule has 2 aromatic rings. The summed E-state index contributed by atoms with van der Waals surface area (Å²) in [6.07, 6.45) is -0.108. The first-order chi connectivity index (χ1) is 8.78. The zero-order valence-corrected chi connectivity index (χ0v) is 11.4. The molecule has 18 heavy (non-hydrogen) atoms. The molecular formula is C13H12BrNO3. The lowest BCUT2D eigenvalue weighted by Crippen LogP contribution is -2.32. The number of fused-ring (bicyclic) bond motifs is 3. The SMILES string of the molecule is Cc1ccc2c3c(ccc2n1)OC[C@H](COBr)O3. The zero-order valence-electron chi connectivity index (χ0n) is 9.85. The van der Waals surface area contributed by atoms with Gasteiger partial charge in [-0.2, -0.15) is 0 Å². The average Bonchev–Trinajstić information content (AvgIpc) is 2.38. The van der Waals surface area contributed by atoms with E-state index in [2.05, 4.69) is 21.2 Å². The lowest BCUT2D eigenvalue weighted by Gasteiger charge is -2.26. The van der Waals surface area contributed by atoms with Crippen LogP contribution in [-0.4, -0.2) is 24.3 Å². The normalized spacial score (nSPS) is 18.0. The molecule has 2 heterocycles. The molecule has 0 saturated heterocycles. The average molecular weight is 310 g/mol. The monoisotopic (exact) mass is 309 g/mol. The molecule has 1 aromatic carbocycles. The van der Waals surface area contributed by atoms with Crippen LogP contribution < -0.4 is 9.47 Å².